The fourth-order valence-corrected chi connectivity index (χ4v) is 2.77. The largest absolute Gasteiger partial charge is 0.330 e. The first-order chi connectivity index (χ1) is 5.37. The summed E-state index contributed by atoms with van der Waals surface area (Å²) in [5, 5.41) is 3.48. The number of hydrogen-bond acceptors (Lipinski definition) is 2. The van der Waals surface area contributed by atoms with Crippen LogP contribution in [0.3, 0.4) is 0 Å². The standard InChI is InChI=1S/C9H18N2/c10-6-9-4-2-1-3-8(9)5-11-7-9/h8,11H,1-7,10H2. The molecule has 1 heterocycles. The van der Waals surface area contributed by atoms with Crippen LogP contribution in [0.1, 0.15) is 25.7 Å². The highest BCUT2D eigenvalue weighted by Gasteiger charge is 2.42. The maximum absolute atomic E-state index is 5.84. The second-order valence-electron chi connectivity index (χ2n) is 4.14. The minimum absolute atomic E-state index is 0.498. The van der Waals surface area contributed by atoms with E-state index in [1.807, 2.05) is 0 Å². The highest BCUT2D eigenvalue weighted by molar-refractivity contribution is 4.97. The normalized spacial score (nSPS) is 43.9. The number of hydrogen-bond donors (Lipinski definition) is 2. The first-order valence-electron chi connectivity index (χ1n) is 4.78. The minimum Gasteiger partial charge on any atom is -0.330 e. The highest BCUT2D eigenvalue weighted by atomic mass is 15.0. The molecule has 1 aliphatic heterocycles. The van der Waals surface area contributed by atoms with E-state index in [0.717, 1.165) is 12.5 Å². The van der Waals surface area contributed by atoms with E-state index < -0.39 is 0 Å². The van der Waals surface area contributed by atoms with Crippen LogP contribution in [-0.4, -0.2) is 19.6 Å². The van der Waals surface area contributed by atoms with Crippen LogP contribution in [-0.2, 0) is 0 Å². The van der Waals surface area contributed by atoms with Gasteiger partial charge in [-0.2, -0.15) is 0 Å². The van der Waals surface area contributed by atoms with Crippen LogP contribution >= 0.6 is 0 Å². The molecule has 1 aliphatic carbocycles. The highest BCUT2D eigenvalue weighted by Crippen LogP contribution is 2.42. The quantitative estimate of drug-likeness (QED) is 0.584. The molecule has 2 nitrogen and oxygen atoms in total. The molecule has 0 aromatic carbocycles. The molecular weight excluding hydrogens is 136 g/mol. The van der Waals surface area contributed by atoms with Crippen LogP contribution < -0.4 is 11.1 Å². The molecule has 2 aliphatic rings. The van der Waals surface area contributed by atoms with E-state index in [0.29, 0.717) is 5.41 Å². The summed E-state index contributed by atoms with van der Waals surface area (Å²) in [5.74, 6) is 0.890. The molecule has 2 fully saturated rings. The van der Waals surface area contributed by atoms with Crippen molar-refractivity contribution >= 4 is 0 Å². The van der Waals surface area contributed by atoms with Gasteiger partial charge in [-0.1, -0.05) is 12.8 Å². The van der Waals surface area contributed by atoms with Crippen molar-refractivity contribution in [3.8, 4) is 0 Å². The molecule has 2 heteroatoms. The third-order valence-electron chi connectivity index (χ3n) is 3.62. The molecule has 1 saturated heterocycles. The van der Waals surface area contributed by atoms with Crippen molar-refractivity contribution in [1.29, 1.82) is 0 Å². The first kappa shape index (κ1) is 7.56. The van der Waals surface area contributed by atoms with E-state index in [1.54, 1.807) is 0 Å². The Balaban J connectivity index is 2.12. The second-order valence-corrected chi connectivity index (χ2v) is 4.14. The number of fused-ring (bicyclic) bond motifs is 1. The maximum Gasteiger partial charge on any atom is 0.00232 e. The van der Waals surface area contributed by atoms with E-state index in [1.165, 1.54) is 38.8 Å². The third kappa shape index (κ3) is 1.09. The summed E-state index contributed by atoms with van der Waals surface area (Å²) in [6.07, 6.45) is 5.59. The molecule has 0 aromatic heterocycles. The Morgan fingerprint density at radius 2 is 2.36 bits per heavy atom. The van der Waals surface area contributed by atoms with Crippen LogP contribution in [0.25, 0.3) is 0 Å². The molecule has 1 saturated carbocycles. The lowest BCUT2D eigenvalue weighted by molar-refractivity contribution is 0.160. The average Bonchev–Trinajstić information content (AvgIpc) is 2.48. The smallest absolute Gasteiger partial charge is 0.00232 e. The Labute approximate surface area is 68.5 Å². The lowest BCUT2D eigenvalue weighted by Gasteiger charge is -2.37. The van der Waals surface area contributed by atoms with Gasteiger partial charge in [0.2, 0.25) is 0 Å². The van der Waals surface area contributed by atoms with Crippen LogP contribution in [0.5, 0.6) is 0 Å². The number of nitrogens with one attached hydrogen (secondary N) is 1. The summed E-state index contributed by atoms with van der Waals surface area (Å²) < 4.78 is 0. The SMILES string of the molecule is NCC12CCCCC1CNC2. The Bertz CT molecular complexity index is 146. The zero-order chi connectivity index (χ0) is 7.73. The third-order valence-corrected chi connectivity index (χ3v) is 3.62. The van der Waals surface area contributed by atoms with Crippen LogP contribution in [0.15, 0.2) is 0 Å². The van der Waals surface area contributed by atoms with Gasteiger partial charge in [-0.3, -0.25) is 0 Å². The van der Waals surface area contributed by atoms with Gasteiger partial charge in [0.05, 0.1) is 0 Å². The van der Waals surface area contributed by atoms with Gasteiger partial charge in [-0.25, -0.2) is 0 Å². The summed E-state index contributed by atoms with van der Waals surface area (Å²) in [5.41, 5.74) is 6.34. The Morgan fingerprint density at radius 3 is 3.09 bits per heavy atom. The van der Waals surface area contributed by atoms with Gasteiger partial charge in [-0.15, -0.1) is 0 Å². The molecule has 3 N–H and O–H groups in total. The minimum atomic E-state index is 0.498. The summed E-state index contributed by atoms with van der Waals surface area (Å²) in [6.45, 7) is 3.29. The lowest BCUT2D eigenvalue weighted by Crippen LogP contribution is -2.40. The lowest BCUT2D eigenvalue weighted by atomic mass is 9.68. The molecule has 0 radical (unpaired) electrons. The van der Waals surface area contributed by atoms with Crippen molar-refractivity contribution in [3.63, 3.8) is 0 Å². The molecule has 2 atom stereocenters. The molecule has 0 spiro atoms. The summed E-state index contributed by atoms with van der Waals surface area (Å²) >= 11 is 0. The molecule has 2 rings (SSSR count). The van der Waals surface area contributed by atoms with Gasteiger partial charge in [0.25, 0.3) is 0 Å². The number of rotatable bonds is 1. The summed E-state index contributed by atoms with van der Waals surface area (Å²) in [6, 6.07) is 0. The molecule has 2 unspecified atom stereocenters. The van der Waals surface area contributed by atoms with Gasteiger partial charge < -0.3 is 11.1 Å². The predicted molar refractivity (Wildman–Crippen MR) is 46.3 cm³/mol. The van der Waals surface area contributed by atoms with Crippen molar-refractivity contribution < 1.29 is 0 Å². The number of nitrogens with two attached hydrogens (primary N) is 1. The zero-order valence-corrected chi connectivity index (χ0v) is 7.10. The Morgan fingerprint density at radius 1 is 1.45 bits per heavy atom. The predicted octanol–water partition coefficient (Wildman–Crippen LogP) is 0.725. The molecule has 0 amide bonds. The average molecular weight is 154 g/mol. The van der Waals surface area contributed by atoms with Crippen LogP contribution in [0, 0.1) is 11.3 Å². The maximum atomic E-state index is 5.84. The Kier molecular flexibility index (Phi) is 1.90. The van der Waals surface area contributed by atoms with Crippen molar-refractivity contribution in [1.82, 2.24) is 5.32 Å². The van der Waals surface area contributed by atoms with Crippen LogP contribution in [0.4, 0.5) is 0 Å². The van der Waals surface area contributed by atoms with E-state index in [9.17, 15) is 0 Å². The summed E-state index contributed by atoms with van der Waals surface area (Å²) in [4.78, 5) is 0. The van der Waals surface area contributed by atoms with E-state index in [-0.39, 0.29) is 0 Å². The van der Waals surface area contributed by atoms with Crippen molar-refractivity contribution in [3.05, 3.63) is 0 Å². The molecular formula is C9H18N2. The fourth-order valence-electron chi connectivity index (χ4n) is 2.77. The van der Waals surface area contributed by atoms with Gasteiger partial charge >= 0.3 is 0 Å². The van der Waals surface area contributed by atoms with E-state index in [2.05, 4.69) is 5.32 Å². The monoisotopic (exact) mass is 154 g/mol. The molecule has 64 valence electrons. The van der Waals surface area contributed by atoms with E-state index in [4.69, 9.17) is 5.73 Å². The fraction of sp³-hybridized carbons (Fsp3) is 1.00. The van der Waals surface area contributed by atoms with Gasteiger partial charge in [0.15, 0.2) is 0 Å². The van der Waals surface area contributed by atoms with Crippen molar-refractivity contribution in [2.24, 2.45) is 17.1 Å². The molecule has 0 aromatic rings. The van der Waals surface area contributed by atoms with Gasteiger partial charge in [0.1, 0.15) is 0 Å². The zero-order valence-electron chi connectivity index (χ0n) is 7.10. The van der Waals surface area contributed by atoms with Crippen molar-refractivity contribution in [2.45, 2.75) is 25.7 Å². The van der Waals surface area contributed by atoms with Crippen molar-refractivity contribution in [2.75, 3.05) is 19.6 Å². The topological polar surface area (TPSA) is 38.0 Å². The van der Waals surface area contributed by atoms with Crippen LogP contribution in [0.2, 0.25) is 0 Å². The summed E-state index contributed by atoms with van der Waals surface area (Å²) in [7, 11) is 0. The van der Waals surface area contributed by atoms with Gasteiger partial charge in [-0.05, 0) is 37.3 Å². The Hall–Kier alpha value is -0.0800. The van der Waals surface area contributed by atoms with Gasteiger partial charge in [0, 0.05) is 6.54 Å². The second kappa shape index (κ2) is 2.76. The molecule has 0 bridgehead atoms. The first-order valence-corrected chi connectivity index (χ1v) is 4.78. The molecule has 11 heavy (non-hydrogen) atoms. The van der Waals surface area contributed by atoms with E-state index >= 15 is 0 Å².